The minimum Gasteiger partial charge on any atom is -0.313 e. The molecule has 1 aliphatic carbocycles. The van der Waals surface area contributed by atoms with Crippen molar-refractivity contribution in [3.63, 3.8) is 0 Å². The molecule has 0 bridgehead atoms. The fourth-order valence-electron chi connectivity index (χ4n) is 2.52. The van der Waals surface area contributed by atoms with Crippen molar-refractivity contribution in [2.24, 2.45) is 0 Å². The summed E-state index contributed by atoms with van der Waals surface area (Å²) in [6.45, 7) is 5.32. The van der Waals surface area contributed by atoms with E-state index in [0.717, 1.165) is 36.9 Å². The number of benzene rings is 1. The lowest BCUT2D eigenvalue weighted by Gasteiger charge is -2.34. The van der Waals surface area contributed by atoms with Gasteiger partial charge in [0.2, 0.25) is 10.0 Å². The van der Waals surface area contributed by atoms with Gasteiger partial charge in [0.1, 0.15) is 0 Å². The van der Waals surface area contributed by atoms with Crippen molar-refractivity contribution in [2.75, 3.05) is 13.6 Å². The van der Waals surface area contributed by atoms with Crippen molar-refractivity contribution in [1.29, 1.82) is 0 Å². The van der Waals surface area contributed by atoms with Crippen molar-refractivity contribution >= 4 is 21.6 Å². The number of hydrogen-bond acceptors (Lipinski definition) is 3. The molecular formula is C15H23ClN2O2S. The maximum atomic E-state index is 12.8. The first-order chi connectivity index (χ1) is 9.87. The summed E-state index contributed by atoms with van der Waals surface area (Å²) in [6, 6.07) is 3.53. The Morgan fingerprint density at radius 3 is 2.57 bits per heavy atom. The molecule has 0 amide bonds. The Morgan fingerprint density at radius 1 is 1.38 bits per heavy atom. The Bertz CT molecular complexity index is 612. The predicted octanol–water partition coefficient (Wildman–Crippen LogP) is 2.93. The summed E-state index contributed by atoms with van der Waals surface area (Å²) in [5.41, 5.74) is 1.72. The van der Waals surface area contributed by atoms with E-state index in [-0.39, 0.29) is 6.04 Å². The van der Waals surface area contributed by atoms with Gasteiger partial charge in [-0.05, 0) is 49.6 Å². The van der Waals surface area contributed by atoms with Crippen LogP contribution in [0.2, 0.25) is 5.02 Å². The third-order valence-corrected chi connectivity index (χ3v) is 6.50. The first-order valence-electron chi connectivity index (χ1n) is 7.35. The quantitative estimate of drug-likeness (QED) is 0.872. The molecule has 0 atom stereocenters. The normalized spacial score (nSPS) is 16.2. The van der Waals surface area contributed by atoms with Gasteiger partial charge in [-0.15, -0.1) is 0 Å². The fraction of sp³-hybridized carbons (Fsp3) is 0.600. The molecule has 0 unspecified atom stereocenters. The van der Waals surface area contributed by atoms with Crippen molar-refractivity contribution in [2.45, 2.75) is 50.6 Å². The highest BCUT2D eigenvalue weighted by Crippen LogP contribution is 2.32. The van der Waals surface area contributed by atoms with Crippen LogP contribution in [-0.2, 0) is 16.6 Å². The molecule has 0 spiro atoms. The molecule has 0 aromatic heterocycles. The van der Waals surface area contributed by atoms with E-state index in [1.807, 2.05) is 19.9 Å². The highest BCUT2D eigenvalue weighted by Gasteiger charge is 2.33. The summed E-state index contributed by atoms with van der Waals surface area (Å²) in [5, 5.41) is 3.69. The van der Waals surface area contributed by atoms with Gasteiger partial charge in [0.25, 0.3) is 0 Å². The van der Waals surface area contributed by atoms with Crippen LogP contribution in [0, 0.1) is 6.92 Å². The van der Waals surface area contributed by atoms with Crippen LogP contribution in [0.25, 0.3) is 0 Å². The first kappa shape index (κ1) is 16.7. The van der Waals surface area contributed by atoms with E-state index >= 15 is 0 Å². The molecule has 2 rings (SSSR count). The van der Waals surface area contributed by atoms with E-state index < -0.39 is 10.0 Å². The highest BCUT2D eigenvalue weighted by molar-refractivity contribution is 7.89. The summed E-state index contributed by atoms with van der Waals surface area (Å²) < 4.78 is 27.1. The van der Waals surface area contributed by atoms with E-state index in [4.69, 9.17) is 11.6 Å². The van der Waals surface area contributed by atoms with Gasteiger partial charge in [-0.25, -0.2) is 8.42 Å². The second-order valence-corrected chi connectivity index (χ2v) is 7.98. The number of sulfonamides is 1. The second kappa shape index (κ2) is 6.65. The zero-order valence-corrected chi connectivity index (χ0v) is 14.4. The molecule has 0 radical (unpaired) electrons. The smallest absolute Gasteiger partial charge is 0.243 e. The zero-order valence-electron chi connectivity index (χ0n) is 12.8. The van der Waals surface area contributed by atoms with Crippen LogP contribution in [0.4, 0.5) is 0 Å². The van der Waals surface area contributed by atoms with Crippen LogP contribution in [0.1, 0.15) is 37.3 Å². The van der Waals surface area contributed by atoms with Crippen LogP contribution in [0.15, 0.2) is 17.0 Å². The van der Waals surface area contributed by atoms with Crippen molar-refractivity contribution in [3.05, 3.63) is 28.3 Å². The molecule has 6 heteroatoms. The summed E-state index contributed by atoms with van der Waals surface area (Å²) in [4.78, 5) is 0.331. The second-order valence-electron chi connectivity index (χ2n) is 5.57. The number of nitrogens with zero attached hydrogens (tertiary/aromatic N) is 1. The van der Waals surface area contributed by atoms with Gasteiger partial charge in [-0.2, -0.15) is 4.31 Å². The van der Waals surface area contributed by atoms with Gasteiger partial charge in [0.05, 0.1) is 4.90 Å². The van der Waals surface area contributed by atoms with E-state index in [9.17, 15) is 8.42 Å². The van der Waals surface area contributed by atoms with E-state index in [0.29, 0.717) is 16.5 Å². The Morgan fingerprint density at radius 2 is 2.05 bits per heavy atom. The molecule has 1 aromatic rings. The fourth-order valence-corrected chi connectivity index (χ4v) is 4.53. The highest BCUT2D eigenvalue weighted by atomic mass is 35.5. The van der Waals surface area contributed by atoms with Gasteiger partial charge in [-0.3, -0.25) is 0 Å². The van der Waals surface area contributed by atoms with E-state index in [1.54, 1.807) is 13.1 Å². The molecule has 21 heavy (non-hydrogen) atoms. The minimum absolute atomic E-state index is 0.130. The molecule has 4 nitrogen and oxygen atoms in total. The molecule has 1 saturated carbocycles. The minimum atomic E-state index is -3.48. The van der Waals surface area contributed by atoms with Gasteiger partial charge >= 0.3 is 0 Å². The Labute approximate surface area is 132 Å². The van der Waals surface area contributed by atoms with Crippen LogP contribution in [0.5, 0.6) is 0 Å². The third-order valence-electron chi connectivity index (χ3n) is 4.24. The molecule has 1 N–H and O–H groups in total. The van der Waals surface area contributed by atoms with Crippen molar-refractivity contribution < 1.29 is 8.42 Å². The number of halogens is 1. The average Bonchev–Trinajstić information content (AvgIpc) is 2.37. The molecule has 1 aromatic carbocycles. The monoisotopic (exact) mass is 330 g/mol. The first-order valence-corrected chi connectivity index (χ1v) is 9.17. The molecule has 1 aliphatic rings. The van der Waals surface area contributed by atoms with Crippen LogP contribution in [0.3, 0.4) is 0 Å². The lowest BCUT2D eigenvalue weighted by Crippen LogP contribution is -2.41. The average molecular weight is 331 g/mol. The molecule has 0 saturated heterocycles. The third kappa shape index (κ3) is 3.42. The summed E-state index contributed by atoms with van der Waals surface area (Å²) in [7, 11) is -1.81. The summed E-state index contributed by atoms with van der Waals surface area (Å²) in [5.74, 6) is 0. The predicted molar refractivity (Wildman–Crippen MR) is 86.2 cm³/mol. The Balaban J connectivity index is 2.39. The number of rotatable bonds is 6. The van der Waals surface area contributed by atoms with Crippen LogP contribution < -0.4 is 5.32 Å². The SMILES string of the molecule is CCNCc1cc(Cl)cc(S(=O)(=O)N(C)C2CCC2)c1C. The Kier molecular flexibility index (Phi) is 5.30. The molecule has 0 aliphatic heterocycles. The van der Waals surface area contributed by atoms with Gasteiger partial charge < -0.3 is 5.32 Å². The standard InChI is InChI=1S/C15H23ClN2O2S/c1-4-17-10-12-8-13(16)9-15(11(12)2)21(19,20)18(3)14-6-5-7-14/h8-9,14,17H,4-7,10H2,1-3H3. The molecule has 0 heterocycles. The molecule has 1 fully saturated rings. The lowest BCUT2D eigenvalue weighted by molar-refractivity contribution is 0.249. The lowest BCUT2D eigenvalue weighted by atomic mass is 9.94. The van der Waals surface area contributed by atoms with Crippen molar-refractivity contribution in [3.8, 4) is 0 Å². The topological polar surface area (TPSA) is 49.4 Å². The summed E-state index contributed by atoms with van der Waals surface area (Å²) >= 11 is 6.13. The Hall–Kier alpha value is -0.620. The maximum Gasteiger partial charge on any atom is 0.243 e. The van der Waals surface area contributed by atoms with Crippen molar-refractivity contribution in [1.82, 2.24) is 9.62 Å². The van der Waals surface area contributed by atoms with Gasteiger partial charge in [0.15, 0.2) is 0 Å². The van der Waals surface area contributed by atoms with Gasteiger partial charge in [0, 0.05) is 24.7 Å². The number of nitrogens with one attached hydrogen (secondary N) is 1. The van der Waals surface area contributed by atoms with Crippen LogP contribution in [-0.4, -0.2) is 32.4 Å². The zero-order chi connectivity index (χ0) is 15.6. The van der Waals surface area contributed by atoms with E-state index in [2.05, 4.69) is 5.32 Å². The number of hydrogen-bond donors (Lipinski definition) is 1. The molecule has 118 valence electrons. The van der Waals surface area contributed by atoms with E-state index in [1.165, 1.54) is 4.31 Å². The summed E-state index contributed by atoms with van der Waals surface area (Å²) in [6.07, 6.45) is 2.99. The largest absolute Gasteiger partial charge is 0.313 e. The molecular weight excluding hydrogens is 308 g/mol. The maximum absolute atomic E-state index is 12.8. The van der Waals surface area contributed by atoms with Gasteiger partial charge in [-0.1, -0.05) is 24.9 Å². The van der Waals surface area contributed by atoms with Crippen LogP contribution >= 0.6 is 11.6 Å².